The van der Waals surface area contributed by atoms with Crippen LogP contribution in [0.2, 0.25) is 0 Å². The van der Waals surface area contributed by atoms with E-state index in [-0.39, 0.29) is 5.41 Å². The molecular weight excluding hydrogens is 232 g/mol. The molecule has 0 fully saturated rings. The van der Waals surface area contributed by atoms with E-state index in [1.807, 2.05) is 12.3 Å². The average Bonchev–Trinajstić information content (AvgIpc) is 2.86. The van der Waals surface area contributed by atoms with Gasteiger partial charge in [-0.1, -0.05) is 20.8 Å². The lowest BCUT2D eigenvalue weighted by Gasteiger charge is -2.13. The van der Waals surface area contributed by atoms with E-state index in [2.05, 4.69) is 31.1 Å². The summed E-state index contributed by atoms with van der Waals surface area (Å²) in [6.45, 7) is 8.26. The van der Waals surface area contributed by atoms with Crippen molar-refractivity contribution >= 4 is 11.3 Å². The van der Waals surface area contributed by atoms with Crippen molar-refractivity contribution < 1.29 is 4.42 Å². The normalized spacial score (nSPS) is 11.9. The van der Waals surface area contributed by atoms with Gasteiger partial charge < -0.3 is 9.73 Å². The zero-order valence-electron chi connectivity index (χ0n) is 10.5. The van der Waals surface area contributed by atoms with Crippen LogP contribution in [0.25, 0.3) is 0 Å². The standard InChI is InChI=1S/C13H18N2OS/c1-13(2,3)12-15-8-11(17-12)7-14-6-10-4-5-16-9-10/h4-5,8-9,14H,6-7H2,1-3H3. The zero-order chi connectivity index (χ0) is 12.3. The maximum absolute atomic E-state index is 5.02. The lowest BCUT2D eigenvalue weighted by Crippen LogP contribution is -2.11. The highest BCUT2D eigenvalue weighted by atomic mass is 32.1. The van der Waals surface area contributed by atoms with E-state index in [0.717, 1.165) is 13.1 Å². The van der Waals surface area contributed by atoms with E-state index in [4.69, 9.17) is 4.42 Å². The molecule has 0 aliphatic heterocycles. The molecule has 17 heavy (non-hydrogen) atoms. The van der Waals surface area contributed by atoms with Crippen molar-refractivity contribution in [3.05, 3.63) is 40.2 Å². The Kier molecular flexibility index (Phi) is 3.64. The van der Waals surface area contributed by atoms with Crippen LogP contribution in [0.3, 0.4) is 0 Å². The molecular formula is C13H18N2OS. The SMILES string of the molecule is CC(C)(C)c1ncc(CNCc2ccoc2)s1. The highest BCUT2D eigenvalue weighted by Gasteiger charge is 2.17. The highest BCUT2D eigenvalue weighted by Crippen LogP contribution is 2.26. The zero-order valence-corrected chi connectivity index (χ0v) is 11.3. The summed E-state index contributed by atoms with van der Waals surface area (Å²) >= 11 is 1.78. The molecule has 0 bridgehead atoms. The molecule has 0 spiro atoms. The van der Waals surface area contributed by atoms with Gasteiger partial charge in [-0.25, -0.2) is 4.98 Å². The third-order valence-corrected chi connectivity index (χ3v) is 3.83. The number of hydrogen-bond acceptors (Lipinski definition) is 4. The maximum atomic E-state index is 5.02. The molecule has 0 aromatic carbocycles. The summed E-state index contributed by atoms with van der Waals surface area (Å²) in [6, 6.07) is 1.97. The third kappa shape index (κ3) is 3.41. The summed E-state index contributed by atoms with van der Waals surface area (Å²) < 4.78 is 5.02. The third-order valence-electron chi connectivity index (χ3n) is 2.40. The Balaban J connectivity index is 1.85. The lowest BCUT2D eigenvalue weighted by molar-refractivity contribution is 0.560. The highest BCUT2D eigenvalue weighted by molar-refractivity contribution is 7.11. The number of hydrogen-bond donors (Lipinski definition) is 1. The molecule has 4 heteroatoms. The van der Waals surface area contributed by atoms with E-state index in [1.165, 1.54) is 15.4 Å². The van der Waals surface area contributed by atoms with Gasteiger partial charge in [-0.2, -0.15) is 0 Å². The van der Waals surface area contributed by atoms with Crippen LogP contribution < -0.4 is 5.32 Å². The lowest BCUT2D eigenvalue weighted by atomic mass is 9.98. The minimum atomic E-state index is 0.146. The first-order chi connectivity index (χ1) is 8.05. The fourth-order valence-electron chi connectivity index (χ4n) is 1.46. The molecule has 0 amide bonds. The smallest absolute Gasteiger partial charge is 0.0981 e. The fourth-order valence-corrected chi connectivity index (χ4v) is 2.40. The van der Waals surface area contributed by atoms with Crippen LogP contribution >= 0.6 is 11.3 Å². The van der Waals surface area contributed by atoms with Crippen molar-refractivity contribution in [2.24, 2.45) is 0 Å². The van der Waals surface area contributed by atoms with E-state index < -0.39 is 0 Å². The summed E-state index contributed by atoms with van der Waals surface area (Å²) in [5.74, 6) is 0. The minimum absolute atomic E-state index is 0.146. The van der Waals surface area contributed by atoms with Gasteiger partial charge in [-0.05, 0) is 6.07 Å². The molecule has 0 aliphatic carbocycles. The number of rotatable bonds is 4. The van der Waals surface area contributed by atoms with Crippen LogP contribution in [-0.2, 0) is 18.5 Å². The van der Waals surface area contributed by atoms with Gasteiger partial charge in [-0.3, -0.25) is 0 Å². The molecule has 92 valence electrons. The average molecular weight is 250 g/mol. The van der Waals surface area contributed by atoms with Gasteiger partial charge in [0.15, 0.2) is 0 Å². The molecule has 3 nitrogen and oxygen atoms in total. The summed E-state index contributed by atoms with van der Waals surface area (Å²) in [5.41, 5.74) is 1.32. The molecule has 1 N–H and O–H groups in total. The second-order valence-electron chi connectivity index (χ2n) is 5.12. The molecule has 2 aromatic heterocycles. The molecule has 0 saturated carbocycles. The number of thiazole rings is 1. The van der Waals surface area contributed by atoms with Gasteiger partial charge in [0.1, 0.15) is 0 Å². The molecule has 0 saturated heterocycles. The monoisotopic (exact) mass is 250 g/mol. The van der Waals surface area contributed by atoms with Gasteiger partial charge in [0, 0.05) is 35.1 Å². The van der Waals surface area contributed by atoms with Gasteiger partial charge in [0.25, 0.3) is 0 Å². The first kappa shape index (κ1) is 12.3. The summed E-state index contributed by atoms with van der Waals surface area (Å²) in [7, 11) is 0. The summed E-state index contributed by atoms with van der Waals surface area (Å²) in [5, 5.41) is 4.57. The van der Waals surface area contributed by atoms with E-state index in [9.17, 15) is 0 Å². The number of furan rings is 1. The first-order valence-corrected chi connectivity index (χ1v) is 6.54. The molecule has 0 aliphatic rings. The van der Waals surface area contributed by atoms with Crippen molar-refractivity contribution in [2.45, 2.75) is 39.3 Å². The van der Waals surface area contributed by atoms with Crippen molar-refractivity contribution in [3.8, 4) is 0 Å². The quantitative estimate of drug-likeness (QED) is 0.904. The second-order valence-corrected chi connectivity index (χ2v) is 6.23. The minimum Gasteiger partial charge on any atom is -0.472 e. The summed E-state index contributed by atoms with van der Waals surface area (Å²) in [6.07, 6.45) is 5.43. The van der Waals surface area contributed by atoms with Crippen LogP contribution in [0.1, 0.15) is 36.2 Å². The first-order valence-electron chi connectivity index (χ1n) is 5.73. The number of aromatic nitrogens is 1. The molecule has 2 aromatic rings. The Hall–Kier alpha value is -1.13. The Labute approximate surface area is 106 Å². The Morgan fingerprint density at radius 2 is 2.18 bits per heavy atom. The Bertz CT molecular complexity index is 454. The Morgan fingerprint density at radius 1 is 1.35 bits per heavy atom. The van der Waals surface area contributed by atoms with Crippen molar-refractivity contribution in [1.82, 2.24) is 10.3 Å². The fraction of sp³-hybridized carbons (Fsp3) is 0.462. The molecule has 0 radical (unpaired) electrons. The van der Waals surface area contributed by atoms with E-state index in [0.29, 0.717) is 0 Å². The van der Waals surface area contributed by atoms with Crippen molar-refractivity contribution in [3.63, 3.8) is 0 Å². The number of nitrogens with one attached hydrogen (secondary N) is 1. The van der Waals surface area contributed by atoms with Gasteiger partial charge in [-0.15, -0.1) is 11.3 Å². The molecule has 0 unspecified atom stereocenters. The topological polar surface area (TPSA) is 38.1 Å². The van der Waals surface area contributed by atoms with Crippen molar-refractivity contribution in [2.75, 3.05) is 0 Å². The number of nitrogens with zero attached hydrogens (tertiary/aromatic N) is 1. The van der Waals surface area contributed by atoms with E-state index >= 15 is 0 Å². The Morgan fingerprint density at radius 3 is 2.76 bits per heavy atom. The predicted octanol–water partition coefficient (Wildman–Crippen LogP) is 3.32. The largest absolute Gasteiger partial charge is 0.472 e. The molecule has 0 atom stereocenters. The molecule has 2 heterocycles. The second kappa shape index (κ2) is 5.02. The van der Waals surface area contributed by atoms with Gasteiger partial charge in [0.05, 0.1) is 17.5 Å². The van der Waals surface area contributed by atoms with Crippen LogP contribution in [0.4, 0.5) is 0 Å². The predicted molar refractivity (Wildman–Crippen MR) is 70.1 cm³/mol. The van der Waals surface area contributed by atoms with Gasteiger partial charge >= 0.3 is 0 Å². The molecule has 2 rings (SSSR count). The van der Waals surface area contributed by atoms with Crippen LogP contribution in [0.5, 0.6) is 0 Å². The van der Waals surface area contributed by atoms with E-state index in [1.54, 1.807) is 23.9 Å². The van der Waals surface area contributed by atoms with Crippen molar-refractivity contribution in [1.29, 1.82) is 0 Å². The van der Waals surface area contributed by atoms with Crippen LogP contribution in [-0.4, -0.2) is 4.98 Å². The van der Waals surface area contributed by atoms with Crippen LogP contribution in [0.15, 0.2) is 29.2 Å². The van der Waals surface area contributed by atoms with Gasteiger partial charge in [0.2, 0.25) is 0 Å². The maximum Gasteiger partial charge on any atom is 0.0981 e. The van der Waals surface area contributed by atoms with Crippen LogP contribution in [0, 0.1) is 0 Å². The summed E-state index contributed by atoms with van der Waals surface area (Å²) in [4.78, 5) is 5.74.